The number of H-pyrrole nitrogens is 1. The summed E-state index contributed by atoms with van der Waals surface area (Å²) < 4.78 is 0. The minimum Gasteiger partial charge on any atom is -0.342 e. The molecule has 1 aromatic carbocycles. The van der Waals surface area contributed by atoms with Gasteiger partial charge in [0.15, 0.2) is 0 Å². The molecule has 1 amide bonds. The summed E-state index contributed by atoms with van der Waals surface area (Å²) in [6, 6.07) is 5.74. The van der Waals surface area contributed by atoms with Gasteiger partial charge in [0, 0.05) is 12.2 Å². The van der Waals surface area contributed by atoms with Crippen LogP contribution in [0.3, 0.4) is 0 Å². The van der Waals surface area contributed by atoms with Crippen LogP contribution in [0.25, 0.3) is 11.0 Å². The van der Waals surface area contributed by atoms with Crippen LogP contribution in [0.5, 0.6) is 0 Å². The lowest BCUT2D eigenvalue weighted by Crippen LogP contribution is -2.24. The maximum Gasteiger partial charge on any atom is 0.228 e. The quantitative estimate of drug-likeness (QED) is 0.748. The molecule has 1 aromatic heterocycles. The number of anilines is 1. The van der Waals surface area contributed by atoms with Crippen LogP contribution < -0.4 is 10.6 Å². The monoisotopic (exact) mass is 244 g/mol. The van der Waals surface area contributed by atoms with Crippen molar-refractivity contribution in [2.75, 3.05) is 18.4 Å². The van der Waals surface area contributed by atoms with E-state index in [-0.39, 0.29) is 11.8 Å². The van der Waals surface area contributed by atoms with Gasteiger partial charge in [-0.1, -0.05) is 0 Å². The lowest BCUT2D eigenvalue weighted by atomic mass is 10.1. The van der Waals surface area contributed by atoms with Crippen LogP contribution in [0, 0.1) is 12.8 Å². The van der Waals surface area contributed by atoms with Gasteiger partial charge in [-0.3, -0.25) is 4.79 Å². The van der Waals surface area contributed by atoms with Gasteiger partial charge in [0.25, 0.3) is 0 Å². The number of benzene rings is 1. The van der Waals surface area contributed by atoms with Gasteiger partial charge in [0.1, 0.15) is 5.82 Å². The Hall–Kier alpha value is -1.88. The van der Waals surface area contributed by atoms with Crippen LogP contribution in [-0.4, -0.2) is 29.0 Å². The van der Waals surface area contributed by atoms with E-state index >= 15 is 0 Å². The SMILES string of the molecule is Cc1nc2ccc(NC(=O)[C@@H]3CCNC3)cc2[nH]1. The molecule has 2 aromatic rings. The fourth-order valence-electron chi connectivity index (χ4n) is 2.34. The number of hydrogen-bond acceptors (Lipinski definition) is 3. The second-order valence-corrected chi connectivity index (χ2v) is 4.73. The average Bonchev–Trinajstić information content (AvgIpc) is 2.95. The van der Waals surface area contributed by atoms with Crippen LogP contribution in [0.15, 0.2) is 18.2 Å². The molecule has 3 rings (SSSR count). The highest BCUT2D eigenvalue weighted by atomic mass is 16.1. The molecular formula is C13H16N4O. The number of aryl methyl sites for hydroxylation is 1. The van der Waals surface area contributed by atoms with E-state index in [1.165, 1.54) is 0 Å². The third kappa shape index (κ3) is 2.09. The average molecular weight is 244 g/mol. The van der Waals surface area contributed by atoms with Crippen molar-refractivity contribution in [3.63, 3.8) is 0 Å². The summed E-state index contributed by atoms with van der Waals surface area (Å²) in [7, 11) is 0. The summed E-state index contributed by atoms with van der Waals surface area (Å²) in [5.41, 5.74) is 2.70. The van der Waals surface area contributed by atoms with E-state index in [9.17, 15) is 4.79 Å². The lowest BCUT2D eigenvalue weighted by Gasteiger charge is -2.09. The van der Waals surface area contributed by atoms with Gasteiger partial charge in [-0.05, 0) is 38.1 Å². The van der Waals surface area contributed by atoms with Gasteiger partial charge in [-0.15, -0.1) is 0 Å². The molecule has 1 fully saturated rings. The topological polar surface area (TPSA) is 69.8 Å². The molecule has 0 bridgehead atoms. The number of aromatic nitrogens is 2. The van der Waals surface area contributed by atoms with E-state index in [2.05, 4.69) is 20.6 Å². The summed E-state index contributed by atoms with van der Waals surface area (Å²) in [4.78, 5) is 19.5. The molecule has 1 aliphatic rings. The normalized spacial score (nSPS) is 19.3. The van der Waals surface area contributed by atoms with E-state index in [0.29, 0.717) is 0 Å². The van der Waals surface area contributed by atoms with Gasteiger partial charge >= 0.3 is 0 Å². The third-order valence-electron chi connectivity index (χ3n) is 3.30. The second-order valence-electron chi connectivity index (χ2n) is 4.73. The highest BCUT2D eigenvalue weighted by Gasteiger charge is 2.22. The number of hydrogen-bond donors (Lipinski definition) is 3. The number of rotatable bonds is 2. The van der Waals surface area contributed by atoms with Crippen molar-refractivity contribution in [3.05, 3.63) is 24.0 Å². The summed E-state index contributed by atoms with van der Waals surface area (Å²) in [5, 5.41) is 6.15. The van der Waals surface area contributed by atoms with E-state index in [4.69, 9.17) is 0 Å². The van der Waals surface area contributed by atoms with Crippen molar-refractivity contribution in [1.29, 1.82) is 0 Å². The second kappa shape index (κ2) is 4.42. The molecule has 3 N–H and O–H groups in total. The van der Waals surface area contributed by atoms with Crippen molar-refractivity contribution in [2.45, 2.75) is 13.3 Å². The Kier molecular flexibility index (Phi) is 2.76. The maximum atomic E-state index is 12.0. The highest BCUT2D eigenvalue weighted by molar-refractivity contribution is 5.94. The van der Waals surface area contributed by atoms with Crippen molar-refractivity contribution < 1.29 is 4.79 Å². The maximum absolute atomic E-state index is 12.0. The van der Waals surface area contributed by atoms with Crippen molar-refractivity contribution in [1.82, 2.24) is 15.3 Å². The summed E-state index contributed by atoms with van der Waals surface area (Å²) in [5.74, 6) is 1.06. The smallest absolute Gasteiger partial charge is 0.228 e. The predicted molar refractivity (Wildman–Crippen MR) is 70.4 cm³/mol. The van der Waals surface area contributed by atoms with Crippen molar-refractivity contribution >= 4 is 22.6 Å². The Morgan fingerprint density at radius 3 is 3.17 bits per heavy atom. The molecule has 2 heterocycles. The largest absolute Gasteiger partial charge is 0.342 e. The minimum absolute atomic E-state index is 0.0872. The van der Waals surface area contributed by atoms with Gasteiger partial charge < -0.3 is 15.6 Å². The first kappa shape index (κ1) is 11.2. The van der Waals surface area contributed by atoms with Gasteiger partial charge in [-0.2, -0.15) is 0 Å². The Balaban J connectivity index is 1.79. The number of nitrogens with zero attached hydrogens (tertiary/aromatic N) is 1. The zero-order valence-electron chi connectivity index (χ0n) is 10.3. The Morgan fingerprint density at radius 1 is 1.50 bits per heavy atom. The molecule has 0 saturated carbocycles. The Labute approximate surface area is 105 Å². The number of carbonyl (C=O) groups excluding carboxylic acids is 1. The molecule has 0 spiro atoms. The van der Waals surface area contributed by atoms with Gasteiger partial charge in [0.05, 0.1) is 17.0 Å². The number of aromatic amines is 1. The zero-order valence-corrected chi connectivity index (χ0v) is 10.3. The number of nitrogens with one attached hydrogen (secondary N) is 3. The van der Waals surface area contributed by atoms with E-state index < -0.39 is 0 Å². The first-order valence-electron chi connectivity index (χ1n) is 6.20. The summed E-state index contributed by atoms with van der Waals surface area (Å²) in [6.07, 6.45) is 0.914. The molecule has 0 aliphatic carbocycles. The summed E-state index contributed by atoms with van der Waals surface area (Å²) in [6.45, 7) is 3.62. The molecular weight excluding hydrogens is 228 g/mol. The first-order valence-corrected chi connectivity index (χ1v) is 6.20. The van der Waals surface area contributed by atoms with Crippen molar-refractivity contribution in [3.8, 4) is 0 Å². The van der Waals surface area contributed by atoms with Crippen molar-refractivity contribution in [2.24, 2.45) is 5.92 Å². The third-order valence-corrected chi connectivity index (χ3v) is 3.30. The first-order chi connectivity index (χ1) is 8.72. The zero-order chi connectivity index (χ0) is 12.5. The van der Waals surface area contributed by atoms with Gasteiger partial charge in [0.2, 0.25) is 5.91 Å². The predicted octanol–water partition coefficient (Wildman–Crippen LogP) is 1.42. The van der Waals surface area contributed by atoms with Crippen LogP contribution >= 0.6 is 0 Å². The molecule has 1 aliphatic heterocycles. The van der Waals surface area contributed by atoms with Crippen LogP contribution in [0.1, 0.15) is 12.2 Å². The van der Waals surface area contributed by atoms with E-state index in [1.807, 2.05) is 25.1 Å². The van der Waals surface area contributed by atoms with Crippen LogP contribution in [0.2, 0.25) is 0 Å². The van der Waals surface area contributed by atoms with Gasteiger partial charge in [-0.25, -0.2) is 4.98 Å². The highest BCUT2D eigenvalue weighted by Crippen LogP contribution is 2.18. The number of imidazole rings is 1. The molecule has 5 nitrogen and oxygen atoms in total. The standard InChI is InChI=1S/C13H16N4O/c1-8-15-11-3-2-10(6-12(11)16-8)17-13(18)9-4-5-14-7-9/h2-3,6,9,14H,4-5,7H2,1H3,(H,15,16)(H,17,18)/t9-/m1/s1. The van der Waals surface area contributed by atoms with Crippen LogP contribution in [-0.2, 0) is 4.79 Å². The Bertz CT molecular complexity index is 584. The molecule has 18 heavy (non-hydrogen) atoms. The fraction of sp³-hybridized carbons (Fsp3) is 0.385. The van der Waals surface area contributed by atoms with Crippen LogP contribution in [0.4, 0.5) is 5.69 Å². The van der Waals surface area contributed by atoms with E-state index in [0.717, 1.165) is 42.1 Å². The molecule has 1 saturated heterocycles. The summed E-state index contributed by atoms with van der Waals surface area (Å²) >= 11 is 0. The van der Waals surface area contributed by atoms with E-state index in [1.54, 1.807) is 0 Å². The minimum atomic E-state index is 0.0872. The number of carbonyl (C=O) groups is 1. The lowest BCUT2D eigenvalue weighted by molar-refractivity contribution is -0.119. The number of fused-ring (bicyclic) bond motifs is 1. The molecule has 94 valence electrons. The molecule has 0 unspecified atom stereocenters. The number of amides is 1. The molecule has 1 atom stereocenters. The Morgan fingerprint density at radius 2 is 2.39 bits per heavy atom. The molecule has 0 radical (unpaired) electrons. The molecule has 5 heteroatoms. The fourth-order valence-corrected chi connectivity index (χ4v) is 2.34.